The number of aliphatic hydroxyl groups excluding tert-OH is 1. The highest BCUT2D eigenvalue weighted by Gasteiger charge is 2.41. The van der Waals surface area contributed by atoms with Crippen LogP contribution in [0.5, 0.6) is 0 Å². The Bertz CT molecular complexity index is 291. The average molecular weight is 198 g/mol. The van der Waals surface area contributed by atoms with Crippen LogP contribution in [0, 0.1) is 0 Å². The molecule has 1 saturated heterocycles. The molecule has 2 heterocycles. The molecule has 1 aromatic rings. The number of ether oxygens (including phenoxy) is 2. The Balaban J connectivity index is 2.19. The Morgan fingerprint density at radius 2 is 2.21 bits per heavy atom. The molecule has 14 heavy (non-hydrogen) atoms. The first-order valence-electron chi connectivity index (χ1n) is 4.61. The van der Waals surface area contributed by atoms with Crippen LogP contribution in [0.15, 0.2) is 23.0 Å². The molecule has 4 heteroatoms. The summed E-state index contributed by atoms with van der Waals surface area (Å²) in [7, 11) is 0. The van der Waals surface area contributed by atoms with Crippen molar-refractivity contribution in [2.75, 3.05) is 6.61 Å². The van der Waals surface area contributed by atoms with Crippen LogP contribution in [0.2, 0.25) is 0 Å². The monoisotopic (exact) mass is 198 g/mol. The Morgan fingerprint density at radius 1 is 1.43 bits per heavy atom. The van der Waals surface area contributed by atoms with E-state index in [1.54, 1.807) is 12.5 Å². The van der Waals surface area contributed by atoms with Crippen molar-refractivity contribution in [2.24, 2.45) is 0 Å². The highest BCUT2D eigenvalue weighted by atomic mass is 16.8. The Labute approximate surface area is 82.4 Å². The summed E-state index contributed by atoms with van der Waals surface area (Å²) in [4.78, 5) is 0. The molecule has 2 rings (SSSR count). The average Bonchev–Trinajstić information content (AvgIpc) is 2.70. The van der Waals surface area contributed by atoms with Crippen molar-refractivity contribution >= 4 is 0 Å². The fourth-order valence-corrected chi connectivity index (χ4v) is 1.69. The van der Waals surface area contributed by atoms with E-state index in [1.165, 1.54) is 0 Å². The summed E-state index contributed by atoms with van der Waals surface area (Å²) in [5.41, 5.74) is 0.898. The zero-order valence-electron chi connectivity index (χ0n) is 8.27. The van der Waals surface area contributed by atoms with Crippen LogP contribution in [-0.4, -0.2) is 23.6 Å². The molecule has 0 radical (unpaired) electrons. The standard InChI is InChI=1S/C10H14O4/c1-10(2)13-8(5-11)9(14-10)7-3-4-12-6-7/h3-4,6,8-9,11H,5H2,1-2H3/t8-,9+/m1/s1. The second-order valence-corrected chi connectivity index (χ2v) is 3.83. The van der Waals surface area contributed by atoms with Crippen molar-refractivity contribution in [3.8, 4) is 0 Å². The minimum atomic E-state index is -0.644. The van der Waals surface area contributed by atoms with Gasteiger partial charge in [0.25, 0.3) is 0 Å². The van der Waals surface area contributed by atoms with Crippen molar-refractivity contribution in [1.29, 1.82) is 0 Å². The fraction of sp³-hybridized carbons (Fsp3) is 0.600. The van der Waals surface area contributed by atoms with E-state index < -0.39 is 5.79 Å². The van der Waals surface area contributed by atoms with Gasteiger partial charge in [0, 0.05) is 5.56 Å². The lowest BCUT2D eigenvalue weighted by Gasteiger charge is -2.16. The third-order valence-corrected chi connectivity index (χ3v) is 2.24. The predicted molar refractivity (Wildman–Crippen MR) is 48.6 cm³/mol. The number of hydrogen-bond donors (Lipinski definition) is 1. The molecule has 0 aromatic carbocycles. The quantitative estimate of drug-likeness (QED) is 0.781. The fourth-order valence-electron chi connectivity index (χ4n) is 1.69. The maximum atomic E-state index is 9.13. The molecule has 1 aliphatic rings. The zero-order chi connectivity index (χ0) is 10.2. The van der Waals surface area contributed by atoms with Crippen molar-refractivity contribution in [3.05, 3.63) is 24.2 Å². The molecule has 1 N–H and O–H groups in total. The minimum absolute atomic E-state index is 0.0563. The van der Waals surface area contributed by atoms with Crippen LogP contribution in [0.4, 0.5) is 0 Å². The molecule has 4 nitrogen and oxygen atoms in total. The molecular formula is C10H14O4. The summed E-state index contributed by atoms with van der Waals surface area (Å²) in [5.74, 6) is -0.644. The number of rotatable bonds is 2. The minimum Gasteiger partial charge on any atom is -0.472 e. The molecule has 0 aliphatic carbocycles. The maximum Gasteiger partial charge on any atom is 0.164 e. The molecule has 1 aliphatic heterocycles. The van der Waals surface area contributed by atoms with E-state index in [1.807, 2.05) is 19.9 Å². The molecule has 78 valence electrons. The molecule has 0 bridgehead atoms. The number of aliphatic hydroxyl groups is 1. The largest absolute Gasteiger partial charge is 0.472 e. The van der Waals surface area contributed by atoms with Gasteiger partial charge >= 0.3 is 0 Å². The van der Waals surface area contributed by atoms with Gasteiger partial charge in [0.1, 0.15) is 12.2 Å². The van der Waals surface area contributed by atoms with Gasteiger partial charge in [-0.1, -0.05) is 0 Å². The smallest absolute Gasteiger partial charge is 0.164 e. The van der Waals surface area contributed by atoms with Crippen molar-refractivity contribution in [1.82, 2.24) is 0 Å². The van der Waals surface area contributed by atoms with Crippen molar-refractivity contribution < 1.29 is 19.0 Å². The van der Waals surface area contributed by atoms with Crippen LogP contribution >= 0.6 is 0 Å². The molecule has 0 saturated carbocycles. The van der Waals surface area contributed by atoms with Gasteiger partial charge in [0.05, 0.1) is 19.1 Å². The molecule has 1 fully saturated rings. The Hall–Kier alpha value is -0.840. The van der Waals surface area contributed by atoms with E-state index in [-0.39, 0.29) is 18.8 Å². The maximum absolute atomic E-state index is 9.13. The second-order valence-electron chi connectivity index (χ2n) is 3.83. The van der Waals surface area contributed by atoms with Gasteiger partial charge in [0.2, 0.25) is 0 Å². The SMILES string of the molecule is CC1(C)O[C@H](CO)[C@H](c2ccoc2)O1. The lowest BCUT2D eigenvalue weighted by molar-refractivity contribution is -0.149. The highest BCUT2D eigenvalue weighted by molar-refractivity contribution is 5.13. The summed E-state index contributed by atoms with van der Waals surface area (Å²) in [6.07, 6.45) is 2.63. The highest BCUT2D eigenvalue weighted by Crippen LogP contribution is 2.37. The summed E-state index contributed by atoms with van der Waals surface area (Å²) in [6.45, 7) is 3.60. The number of hydrogen-bond acceptors (Lipinski definition) is 4. The second kappa shape index (κ2) is 3.38. The molecule has 0 unspecified atom stereocenters. The topological polar surface area (TPSA) is 51.8 Å². The van der Waals surface area contributed by atoms with E-state index in [2.05, 4.69) is 0 Å². The van der Waals surface area contributed by atoms with Gasteiger partial charge in [-0.15, -0.1) is 0 Å². The molecule has 0 spiro atoms. The lowest BCUT2D eigenvalue weighted by atomic mass is 10.1. The Kier molecular flexibility index (Phi) is 2.34. The van der Waals surface area contributed by atoms with Crippen LogP contribution in [0.1, 0.15) is 25.5 Å². The third kappa shape index (κ3) is 1.68. The lowest BCUT2D eigenvalue weighted by Crippen LogP contribution is -2.23. The molecular weight excluding hydrogens is 184 g/mol. The predicted octanol–water partition coefficient (Wildman–Crippen LogP) is 1.46. The molecule has 1 aromatic heterocycles. The zero-order valence-corrected chi connectivity index (χ0v) is 8.27. The van der Waals surface area contributed by atoms with Gasteiger partial charge in [-0.3, -0.25) is 0 Å². The Morgan fingerprint density at radius 3 is 2.79 bits per heavy atom. The van der Waals surface area contributed by atoms with Gasteiger partial charge in [-0.2, -0.15) is 0 Å². The first kappa shape index (κ1) is 9.71. The van der Waals surface area contributed by atoms with Crippen LogP contribution in [0.25, 0.3) is 0 Å². The summed E-state index contributed by atoms with van der Waals surface area (Å²) in [5, 5.41) is 9.13. The summed E-state index contributed by atoms with van der Waals surface area (Å²) < 4.78 is 16.1. The van der Waals surface area contributed by atoms with Crippen molar-refractivity contribution in [2.45, 2.75) is 31.8 Å². The summed E-state index contributed by atoms with van der Waals surface area (Å²) in [6, 6.07) is 1.82. The first-order chi connectivity index (χ1) is 6.62. The van der Waals surface area contributed by atoms with Crippen LogP contribution in [-0.2, 0) is 9.47 Å². The van der Waals surface area contributed by atoms with Gasteiger partial charge in [0.15, 0.2) is 5.79 Å². The van der Waals surface area contributed by atoms with E-state index >= 15 is 0 Å². The van der Waals surface area contributed by atoms with Gasteiger partial charge in [-0.05, 0) is 19.9 Å². The van der Waals surface area contributed by atoms with E-state index in [4.69, 9.17) is 19.0 Å². The van der Waals surface area contributed by atoms with Crippen LogP contribution in [0.3, 0.4) is 0 Å². The van der Waals surface area contributed by atoms with Crippen molar-refractivity contribution in [3.63, 3.8) is 0 Å². The van der Waals surface area contributed by atoms with Gasteiger partial charge < -0.3 is 19.0 Å². The number of furan rings is 1. The third-order valence-electron chi connectivity index (χ3n) is 2.24. The molecule has 2 atom stereocenters. The van der Waals surface area contributed by atoms with E-state index in [0.717, 1.165) is 5.56 Å². The van der Waals surface area contributed by atoms with E-state index in [0.29, 0.717) is 0 Å². The molecule has 0 amide bonds. The normalized spacial score (nSPS) is 30.8. The van der Waals surface area contributed by atoms with E-state index in [9.17, 15) is 0 Å². The van der Waals surface area contributed by atoms with Crippen LogP contribution < -0.4 is 0 Å². The summed E-state index contributed by atoms with van der Waals surface area (Å²) >= 11 is 0. The first-order valence-corrected chi connectivity index (χ1v) is 4.61. The van der Waals surface area contributed by atoms with Gasteiger partial charge in [-0.25, -0.2) is 0 Å².